The third kappa shape index (κ3) is 1.38. The fourth-order valence-corrected chi connectivity index (χ4v) is 1.34. The van der Waals surface area contributed by atoms with E-state index in [-0.39, 0.29) is 0 Å². The first kappa shape index (κ1) is 7.80. The highest BCUT2D eigenvalue weighted by Crippen LogP contribution is 2.22. The Balaban J connectivity index is 2.61. The Labute approximate surface area is 76.6 Å². The average Bonchev–Trinajstić information content (AvgIpc) is 2.41. The van der Waals surface area contributed by atoms with Crippen molar-refractivity contribution < 1.29 is 4.79 Å². The van der Waals surface area contributed by atoms with Crippen molar-refractivity contribution in [2.75, 3.05) is 5.32 Å². The highest BCUT2D eigenvalue weighted by Gasteiger charge is 2.04. The van der Waals surface area contributed by atoms with Crippen molar-refractivity contribution >= 4 is 18.0 Å². The van der Waals surface area contributed by atoms with Crippen LogP contribution >= 0.6 is 0 Å². The zero-order valence-corrected chi connectivity index (χ0v) is 7.03. The molecule has 0 spiro atoms. The lowest BCUT2D eigenvalue weighted by Gasteiger charge is -2.05. The van der Waals surface area contributed by atoms with Gasteiger partial charge in [0.1, 0.15) is 0 Å². The number of fused-ring (bicyclic) bond motifs is 1. The molecule has 1 heterocycles. The SMILES string of the molecule is O=Cc1cccc2c1C=CC=CN2. The molecule has 1 aliphatic rings. The van der Waals surface area contributed by atoms with Crippen LogP contribution < -0.4 is 5.32 Å². The first-order valence-electron chi connectivity index (χ1n) is 4.10. The van der Waals surface area contributed by atoms with Crippen molar-refractivity contribution in [1.29, 1.82) is 0 Å². The molecule has 0 saturated heterocycles. The summed E-state index contributed by atoms with van der Waals surface area (Å²) in [5.41, 5.74) is 2.63. The van der Waals surface area contributed by atoms with E-state index in [2.05, 4.69) is 5.32 Å². The molecule has 0 fully saturated rings. The van der Waals surface area contributed by atoms with E-state index in [0.717, 1.165) is 17.5 Å². The normalized spacial score (nSPS) is 12.9. The summed E-state index contributed by atoms with van der Waals surface area (Å²) in [6.07, 6.45) is 8.45. The van der Waals surface area contributed by atoms with Gasteiger partial charge in [-0.15, -0.1) is 0 Å². The van der Waals surface area contributed by atoms with Crippen LogP contribution in [0.1, 0.15) is 15.9 Å². The molecule has 0 atom stereocenters. The zero-order valence-electron chi connectivity index (χ0n) is 7.03. The molecular weight excluding hydrogens is 162 g/mol. The standard InChI is InChI=1S/C11H9NO/c13-8-9-4-3-6-11-10(9)5-1-2-7-12-11/h1-8,12H. The molecule has 64 valence electrons. The van der Waals surface area contributed by atoms with Crippen LogP contribution in [0.2, 0.25) is 0 Å². The van der Waals surface area contributed by atoms with E-state index in [4.69, 9.17) is 0 Å². The Morgan fingerprint density at radius 1 is 1.23 bits per heavy atom. The Morgan fingerprint density at radius 2 is 2.15 bits per heavy atom. The number of carbonyl (C=O) groups is 1. The van der Waals surface area contributed by atoms with Crippen LogP contribution in [0, 0.1) is 0 Å². The first-order valence-corrected chi connectivity index (χ1v) is 4.10. The number of nitrogens with one attached hydrogen (secondary N) is 1. The van der Waals surface area contributed by atoms with Crippen LogP contribution in [0.3, 0.4) is 0 Å². The summed E-state index contributed by atoms with van der Waals surface area (Å²) in [6.45, 7) is 0. The van der Waals surface area contributed by atoms with Gasteiger partial charge in [0.25, 0.3) is 0 Å². The summed E-state index contributed by atoms with van der Waals surface area (Å²) in [4.78, 5) is 10.7. The van der Waals surface area contributed by atoms with Gasteiger partial charge in [0.15, 0.2) is 6.29 Å². The van der Waals surface area contributed by atoms with Gasteiger partial charge in [-0.3, -0.25) is 4.79 Å². The lowest BCUT2D eigenvalue weighted by molar-refractivity contribution is 0.112. The molecule has 2 rings (SSSR count). The minimum absolute atomic E-state index is 0.713. The van der Waals surface area contributed by atoms with Crippen molar-refractivity contribution in [3.8, 4) is 0 Å². The van der Waals surface area contributed by atoms with Crippen LogP contribution in [0.5, 0.6) is 0 Å². The Bertz CT molecular complexity index is 391. The smallest absolute Gasteiger partial charge is 0.150 e. The fourth-order valence-electron chi connectivity index (χ4n) is 1.34. The maximum absolute atomic E-state index is 10.7. The van der Waals surface area contributed by atoms with E-state index in [1.807, 2.05) is 42.6 Å². The van der Waals surface area contributed by atoms with E-state index in [1.165, 1.54) is 0 Å². The lowest BCUT2D eigenvalue weighted by Crippen LogP contribution is -1.93. The monoisotopic (exact) mass is 171 g/mol. The quantitative estimate of drug-likeness (QED) is 0.657. The van der Waals surface area contributed by atoms with Crippen molar-refractivity contribution in [3.63, 3.8) is 0 Å². The molecule has 0 bridgehead atoms. The van der Waals surface area contributed by atoms with E-state index in [0.29, 0.717) is 5.56 Å². The molecule has 1 aromatic carbocycles. The van der Waals surface area contributed by atoms with E-state index in [1.54, 1.807) is 0 Å². The Hall–Kier alpha value is -1.83. The van der Waals surface area contributed by atoms with Gasteiger partial charge in [0.2, 0.25) is 0 Å². The van der Waals surface area contributed by atoms with Crippen LogP contribution in [0.15, 0.2) is 36.6 Å². The van der Waals surface area contributed by atoms with Gasteiger partial charge < -0.3 is 5.32 Å². The molecule has 2 heteroatoms. The number of allylic oxidation sites excluding steroid dienone is 2. The molecule has 2 nitrogen and oxygen atoms in total. The third-order valence-electron chi connectivity index (χ3n) is 1.98. The molecule has 0 aliphatic carbocycles. The van der Waals surface area contributed by atoms with Crippen molar-refractivity contribution in [2.45, 2.75) is 0 Å². The number of hydrogen-bond acceptors (Lipinski definition) is 2. The molecule has 0 radical (unpaired) electrons. The highest BCUT2D eigenvalue weighted by atomic mass is 16.1. The van der Waals surface area contributed by atoms with Crippen LogP contribution in [-0.4, -0.2) is 6.29 Å². The summed E-state index contributed by atoms with van der Waals surface area (Å²) < 4.78 is 0. The molecular formula is C11H9NO. The maximum atomic E-state index is 10.7. The Morgan fingerprint density at radius 3 is 3.00 bits per heavy atom. The number of carbonyl (C=O) groups excluding carboxylic acids is 1. The van der Waals surface area contributed by atoms with Gasteiger partial charge >= 0.3 is 0 Å². The summed E-state index contributed by atoms with van der Waals surface area (Å²) in [5, 5.41) is 3.10. The predicted molar refractivity (Wildman–Crippen MR) is 53.6 cm³/mol. The fraction of sp³-hybridized carbons (Fsp3) is 0. The number of aldehydes is 1. The second-order valence-corrected chi connectivity index (χ2v) is 2.79. The lowest BCUT2D eigenvalue weighted by atomic mass is 10.1. The van der Waals surface area contributed by atoms with Crippen LogP contribution in [0.25, 0.3) is 6.08 Å². The molecule has 0 amide bonds. The largest absolute Gasteiger partial charge is 0.361 e. The minimum atomic E-state index is 0.713. The van der Waals surface area contributed by atoms with Crippen LogP contribution in [0.4, 0.5) is 5.69 Å². The van der Waals surface area contributed by atoms with Gasteiger partial charge in [-0.25, -0.2) is 0 Å². The van der Waals surface area contributed by atoms with Crippen molar-refractivity contribution in [3.05, 3.63) is 47.7 Å². The van der Waals surface area contributed by atoms with Gasteiger partial charge in [-0.2, -0.15) is 0 Å². The average molecular weight is 171 g/mol. The molecule has 1 aromatic rings. The Kier molecular flexibility index (Phi) is 1.96. The van der Waals surface area contributed by atoms with Crippen molar-refractivity contribution in [1.82, 2.24) is 0 Å². The number of hydrogen-bond donors (Lipinski definition) is 1. The summed E-state index contributed by atoms with van der Waals surface area (Å²) in [7, 11) is 0. The van der Waals surface area contributed by atoms with Crippen molar-refractivity contribution in [2.24, 2.45) is 0 Å². The van der Waals surface area contributed by atoms with E-state index >= 15 is 0 Å². The van der Waals surface area contributed by atoms with Gasteiger partial charge in [-0.05, 0) is 12.1 Å². The third-order valence-corrected chi connectivity index (χ3v) is 1.98. The number of anilines is 1. The molecule has 13 heavy (non-hydrogen) atoms. The van der Waals surface area contributed by atoms with Gasteiger partial charge in [-0.1, -0.05) is 24.3 Å². The highest BCUT2D eigenvalue weighted by molar-refractivity contribution is 5.87. The topological polar surface area (TPSA) is 29.1 Å². The molecule has 1 N–H and O–H groups in total. The van der Waals surface area contributed by atoms with Gasteiger partial charge in [0, 0.05) is 23.0 Å². The molecule has 0 aromatic heterocycles. The summed E-state index contributed by atoms with van der Waals surface area (Å²) in [5.74, 6) is 0. The summed E-state index contributed by atoms with van der Waals surface area (Å²) >= 11 is 0. The van der Waals surface area contributed by atoms with E-state index < -0.39 is 0 Å². The second-order valence-electron chi connectivity index (χ2n) is 2.79. The van der Waals surface area contributed by atoms with Gasteiger partial charge in [0.05, 0.1) is 0 Å². The molecule has 0 unspecified atom stereocenters. The molecule has 1 aliphatic heterocycles. The van der Waals surface area contributed by atoms with E-state index in [9.17, 15) is 4.79 Å². The number of rotatable bonds is 1. The maximum Gasteiger partial charge on any atom is 0.150 e. The summed E-state index contributed by atoms with van der Waals surface area (Å²) in [6, 6.07) is 5.62. The first-order chi connectivity index (χ1) is 6.42. The number of benzene rings is 1. The van der Waals surface area contributed by atoms with Crippen LogP contribution in [-0.2, 0) is 0 Å². The second kappa shape index (κ2) is 3.27. The predicted octanol–water partition coefficient (Wildman–Crippen LogP) is 2.45. The zero-order chi connectivity index (χ0) is 9.10. The minimum Gasteiger partial charge on any atom is -0.361 e. The molecule has 0 saturated carbocycles.